The van der Waals surface area contributed by atoms with Crippen molar-refractivity contribution in [1.82, 2.24) is 14.4 Å². The highest BCUT2D eigenvalue weighted by molar-refractivity contribution is 6.33. The molecule has 0 fully saturated rings. The zero-order chi connectivity index (χ0) is 16.8. The average Bonchev–Trinajstić information content (AvgIpc) is 3.00. The van der Waals surface area contributed by atoms with Gasteiger partial charge in [0.15, 0.2) is 0 Å². The number of anilines is 2. The Morgan fingerprint density at radius 2 is 2.00 bits per heavy atom. The summed E-state index contributed by atoms with van der Waals surface area (Å²) in [6.07, 6.45) is 1.74. The van der Waals surface area contributed by atoms with Crippen LogP contribution in [0.3, 0.4) is 0 Å². The van der Waals surface area contributed by atoms with E-state index in [1.165, 1.54) is 0 Å². The second kappa shape index (κ2) is 5.39. The number of hydrogen-bond donors (Lipinski definition) is 2. The van der Waals surface area contributed by atoms with Crippen LogP contribution in [0.4, 0.5) is 11.5 Å². The van der Waals surface area contributed by atoms with Crippen molar-refractivity contribution in [3.05, 3.63) is 53.2 Å². The van der Waals surface area contributed by atoms with E-state index in [0.29, 0.717) is 10.8 Å². The Morgan fingerprint density at radius 3 is 2.75 bits per heavy atom. The molecule has 6 heteroatoms. The van der Waals surface area contributed by atoms with Gasteiger partial charge in [0.25, 0.3) is 0 Å². The number of aromatic nitrogens is 3. The monoisotopic (exact) mass is 337 g/mol. The highest BCUT2D eigenvalue weighted by Gasteiger charge is 2.17. The Bertz CT molecular complexity index is 1060. The largest absolute Gasteiger partial charge is 0.388 e. The highest BCUT2D eigenvalue weighted by Crippen LogP contribution is 2.33. The van der Waals surface area contributed by atoms with Crippen LogP contribution in [0, 0.1) is 6.92 Å². The SMILES string of the molecule is CNc1ccc2c(c1)nc(N)c1cnc(-c3c(C)cccc3Cl)n12. The summed E-state index contributed by atoms with van der Waals surface area (Å²) in [4.78, 5) is 9.09. The van der Waals surface area contributed by atoms with Crippen LogP contribution in [0.25, 0.3) is 27.9 Å². The maximum Gasteiger partial charge on any atom is 0.150 e. The van der Waals surface area contributed by atoms with Crippen molar-refractivity contribution >= 4 is 39.7 Å². The van der Waals surface area contributed by atoms with Gasteiger partial charge < -0.3 is 11.1 Å². The standard InChI is InChI=1S/C18H16ClN5/c1-10-4-3-5-12(19)16(10)18-22-9-15-17(20)23-13-8-11(21-2)6-7-14(13)24(15)18/h3-9,21H,1-2H3,(H2,20,23). The van der Waals surface area contributed by atoms with Gasteiger partial charge in [-0.2, -0.15) is 0 Å². The van der Waals surface area contributed by atoms with Gasteiger partial charge in [-0.25, -0.2) is 9.97 Å². The van der Waals surface area contributed by atoms with Crippen molar-refractivity contribution in [1.29, 1.82) is 0 Å². The fraction of sp³-hybridized carbons (Fsp3) is 0.111. The lowest BCUT2D eigenvalue weighted by Gasteiger charge is -2.11. The molecule has 0 bridgehead atoms. The minimum absolute atomic E-state index is 0.444. The van der Waals surface area contributed by atoms with Crippen LogP contribution in [0.15, 0.2) is 42.6 Å². The second-order valence-electron chi connectivity index (χ2n) is 5.68. The van der Waals surface area contributed by atoms with Crippen LogP contribution in [-0.4, -0.2) is 21.4 Å². The summed E-state index contributed by atoms with van der Waals surface area (Å²) in [5.41, 5.74) is 11.6. The summed E-state index contributed by atoms with van der Waals surface area (Å²) in [7, 11) is 1.87. The lowest BCUT2D eigenvalue weighted by Crippen LogP contribution is -2.01. The lowest BCUT2D eigenvalue weighted by molar-refractivity contribution is 1.19. The third-order valence-electron chi connectivity index (χ3n) is 4.22. The molecular formula is C18H16ClN5. The molecule has 0 atom stereocenters. The van der Waals surface area contributed by atoms with E-state index in [4.69, 9.17) is 17.3 Å². The molecule has 2 heterocycles. The Morgan fingerprint density at radius 1 is 1.17 bits per heavy atom. The fourth-order valence-corrected chi connectivity index (χ4v) is 3.32. The number of nitrogens with zero attached hydrogens (tertiary/aromatic N) is 3. The lowest BCUT2D eigenvalue weighted by atomic mass is 10.1. The number of rotatable bonds is 2. The van der Waals surface area contributed by atoms with Crippen molar-refractivity contribution in [2.24, 2.45) is 0 Å². The van der Waals surface area contributed by atoms with Crippen molar-refractivity contribution in [2.75, 3.05) is 18.1 Å². The molecule has 5 nitrogen and oxygen atoms in total. The first-order valence-electron chi connectivity index (χ1n) is 7.60. The molecular weight excluding hydrogens is 322 g/mol. The topological polar surface area (TPSA) is 68.2 Å². The molecule has 120 valence electrons. The van der Waals surface area contributed by atoms with Gasteiger partial charge in [-0.05, 0) is 36.8 Å². The van der Waals surface area contributed by atoms with E-state index in [-0.39, 0.29) is 0 Å². The third-order valence-corrected chi connectivity index (χ3v) is 4.53. The molecule has 2 aromatic heterocycles. The van der Waals surface area contributed by atoms with Gasteiger partial charge in [-0.15, -0.1) is 0 Å². The quantitative estimate of drug-likeness (QED) is 0.577. The molecule has 0 saturated heterocycles. The van der Waals surface area contributed by atoms with Crippen molar-refractivity contribution < 1.29 is 0 Å². The second-order valence-corrected chi connectivity index (χ2v) is 6.09. The molecule has 0 aliphatic heterocycles. The number of nitrogens with one attached hydrogen (secondary N) is 1. The third kappa shape index (κ3) is 2.09. The van der Waals surface area contributed by atoms with E-state index >= 15 is 0 Å². The van der Waals surface area contributed by atoms with Crippen molar-refractivity contribution in [2.45, 2.75) is 6.92 Å². The Balaban J connectivity index is 2.15. The number of benzene rings is 2. The predicted molar refractivity (Wildman–Crippen MR) is 99.6 cm³/mol. The van der Waals surface area contributed by atoms with E-state index in [9.17, 15) is 0 Å². The van der Waals surface area contributed by atoms with Crippen LogP contribution in [-0.2, 0) is 0 Å². The summed E-state index contributed by atoms with van der Waals surface area (Å²) < 4.78 is 2.02. The molecule has 0 saturated carbocycles. The summed E-state index contributed by atoms with van der Waals surface area (Å²) in [6.45, 7) is 2.02. The molecule has 2 aromatic carbocycles. The molecule has 0 aliphatic carbocycles. The van der Waals surface area contributed by atoms with Crippen LogP contribution in [0.1, 0.15) is 5.56 Å². The number of nitrogen functional groups attached to an aromatic ring is 1. The van der Waals surface area contributed by atoms with Gasteiger partial charge in [-0.1, -0.05) is 23.7 Å². The Hall–Kier alpha value is -2.79. The highest BCUT2D eigenvalue weighted by atomic mass is 35.5. The Kier molecular flexibility index (Phi) is 3.32. The Labute approximate surface area is 144 Å². The van der Waals surface area contributed by atoms with Gasteiger partial charge in [0.2, 0.25) is 0 Å². The molecule has 0 aliphatic rings. The van der Waals surface area contributed by atoms with Crippen LogP contribution < -0.4 is 11.1 Å². The van der Waals surface area contributed by atoms with E-state index in [0.717, 1.165) is 39.2 Å². The first-order valence-corrected chi connectivity index (χ1v) is 7.98. The van der Waals surface area contributed by atoms with E-state index in [1.54, 1.807) is 6.20 Å². The molecule has 0 spiro atoms. The minimum atomic E-state index is 0.444. The van der Waals surface area contributed by atoms with Gasteiger partial charge in [0, 0.05) is 18.3 Å². The van der Waals surface area contributed by atoms with Crippen molar-refractivity contribution in [3.8, 4) is 11.4 Å². The first-order chi connectivity index (χ1) is 11.6. The first kappa shape index (κ1) is 14.8. The summed E-state index contributed by atoms with van der Waals surface area (Å²) in [6, 6.07) is 11.8. The molecule has 0 unspecified atom stereocenters. The predicted octanol–water partition coefficient (Wildman–Crippen LogP) is 4.14. The normalized spacial score (nSPS) is 11.3. The van der Waals surface area contributed by atoms with Crippen LogP contribution in [0.5, 0.6) is 0 Å². The summed E-state index contributed by atoms with van der Waals surface area (Å²) in [5.74, 6) is 1.21. The molecule has 0 amide bonds. The van der Waals surface area contributed by atoms with Crippen LogP contribution >= 0.6 is 11.6 Å². The van der Waals surface area contributed by atoms with Gasteiger partial charge in [-0.3, -0.25) is 4.40 Å². The number of fused-ring (bicyclic) bond motifs is 3. The van der Waals surface area contributed by atoms with E-state index in [2.05, 4.69) is 15.3 Å². The van der Waals surface area contributed by atoms with Gasteiger partial charge in [0.05, 0.1) is 22.3 Å². The summed E-state index contributed by atoms with van der Waals surface area (Å²) >= 11 is 6.45. The number of aryl methyl sites for hydroxylation is 1. The number of halogens is 1. The van der Waals surface area contributed by atoms with Gasteiger partial charge >= 0.3 is 0 Å². The molecule has 4 aromatic rings. The zero-order valence-corrected chi connectivity index (χ0v) is 14.1. The number of imidazole rings is 1. The maximum atomic E-state index is 6.45. The molecule has 4 rings (SSSR count). The van der Waals surface area contributed by atoms with E-state index < -0.39 is 0 Å². The van der Waals surface area contributed by atoms with Crippen molar-refractivity contribution in [3.63, 3.8) is 0 Å². The average molecular weight is 338 g/mol. The van der Waals surface area contributed by atoms with Gasteiger partial charge in [0.1, 0.15) is 17.2 Å². The maximum absolute atomic E-state index is 6.45. The van der Waals surface area contributed by atoms with Crippen LogP contribution in [0.2, 0.25) is 5.02 Å². The minimum Gasteiger partial charge on any atom is -0.388 e. The number of nitrogens with two attached hydrogens (primary N) is 1. The fourth-order valence-electron chi connectivity index (χ4n) is 3.01. The number of hydrogen-bond acceptors (Lipinski definition) is 4. The van der Waals surface area contributed by atoms with E-state index in [1.807, 2.05) is 54.8 Å². The summed E-state index contributed by atoms with van der Waals surface area (Å²) in [5, 5.41) is 3.78. The zero-order valence-electron chi connectivity index (χ0n) is 13.3. The molecule has 24 heavy (non-hydrogen) atoms. The molecule has 0 radical (unpaired) electrons. The molecule has 3 N–H and O–H groups in total. The smallest absolute Gasteiger partial charge is 0.150 e.